The molecule has 0 fully saturated rings. The van der Waals surface area contributed by atoms with Crippen molar-refractivity contribution in [2.45, 2.75) is 26.7 Å². The monoisotopic (exact) mass is 314 g/mol. The number of benzene rings is 1. The summed E-state index contributed by atoms with van der Waals surface area (Å²) in [6, 6.07) is 1.84. The fourth-order valence-corrected chi connectivity index (χ4v) is 2.92. The highest BCUT2D eigenvalue weighted by Gasteiger charge is 2.17. The lowest BCUT2D eigenvalue weighted by Gasteiger charge is -2.11. The van der Waals surface area contributed by atoms with E-state index in [2.05, 4.69) is 24.1 Å². The molecule has 1 aromatic heterocycles. The summed E-state index contributed by atoms with van der Waals surface area (Å²) in [5.74, 6) is 1.40. The summed E-state index contributed by atoms with van der Waals surface area (Å²) in [5, 5.41) is 4.47. The van der Waals surface area contributed by atoms with E-state index in [0.29, 0.717) is 24.0 Å². The molecule has 0 aliphatic carbocycles. The van der Waals surface area contributed by atoms with Crippen molar-refractivity contribution in [1.82, 2.24) is 4.98 Å². The Morgan fingerprint density at radius 3 is 2.45 bits per heavy atom. The summed E-state index contributed by atoms with van der Waals surface area (Å²) < 4.78 is 12.4. The second kappa shape index (κ2) is 6.99. The van der Waals surface area contributed by atoms with Gasteiger partial charge in [0.25, 0.3) is 0 Å². The number of aromatic nitrogens is 1. The third kappa shape index (κ3) is 3.10. The first kappa shape index (κ1) is 15.2. The van der Waals surface area contributed by atoms with Crippen molar-refractivity contribution in [3.8, 4) is 11.5 Å². The Morgan fingerprint density at radius 2 is 1.85 bits per heavy atom. The fraction of sp³-hybridized carbons (Fsp3) is 0.500. The third-order valence-electron chi connectivity index (χ3n) is 2.68. The van der Waals surface area contributed by atoms with Gasteiger partial charge < -0.3 is 14.8 Å². The average Bonchev–Trinajstić information content (AvgIpc) is 2.90. The second-order valence-corrected chi connectivity index (χ2v) is 5.71. The van der Waals surface area contributed by atoms with E-state index in [4.69, 9.17) is 21.1 Å². The number of nitrogens with one attached hydrogen (secondary N) is 1. The van der Waals surface area contributed by atoms with E-state index in [9.17, 15) is 0 Å². The summed E-state index contributed by atoms with van der Waals surface area (Å²) >= 11 is 7.92. The minimum absolute atomic E-state index is 0.608. The third-order valence-corrected chi connectivity index (χ3v) is 4.25. The number of hydrogen-bond acceptors (Lipinski definition) is 5. The Balaban J connectivity index is 2.49. The van der Waals surface area contributed by atoms with Crippen LogP contribution in [0.25, 0.3) is 10.2 Å². The standard InChI is InChI=1S/C14H19ClN2O2S/c1-4-6-18-9-8-10(19-7-5-2)12-13(11(9)15)20-14(16-3)17-12/h8H,4-7H2,1-3H3,(H,16,17). The highest BCUT2D eigenvalue weighted by molar-refractivity contribution is 7.22. The van der Waals surface area contributed by atoms with E-state index in [1.165, 1.54) is 11.3 Å². The molecule has 0 radical (unpaired) electrons. The minimum atomic E-state index is 0.608. The first-order chi connectivity index (χ1) is 9.71. The van der Waals surface area contributed by atoms with E-state index < -0.39 is 0 Å². The van der Waals surface area contributed by atoms with Crippen molar-refractivity contribution in [2.75, 3.05) is 25.6 Å². The van der Waals surface area contributed by atoms with Gasteiger partial charge >= 0.3 is 0 Å². The fourth-order valence-electron chi connectivity index (χ4n) is 1.74. The maximum Gasteiger partial charge on any atom is 0.183 e. The molecule has 0 aliphatic rings. The molecule has 0 bridgehead atoms. The first-order valence-corrected chi connectivity index (χ1v) is 7.97. The van der Waals surface area contributed by atoms with E-state index in [1.807, 2.05) is 13.1 Å². The van der Waals surface area contributed by atoms with Crippen LogP contribution < -0.4 is 14.8 Å². The van der Waals surface area contributed by atoms with Crippen molar-refractivity contribution in [1.29, 1.82) is 0 Å². The number of halogens is 1. The number of nitrogens with zero attached hydrogens (tertiary/aromatic N) is 1. The molecule has 4 nitrogen and oxygen atoms in total. The predicted octanol–water partition coefficient (Wildman–Crippen LogP) is 4.57. The van der Waals surface area contributed by atoms with Gasteiger partial charge in [-0.05, 0) is 12.8 Å². The van der Waals surface area contributed by atoms with Crippen LogP contribution in [-0.4, -0.2) is 25.2 Å². The Morgan fingerprint density at radius 1 is 1.20 bits per heavy atom. The van der Waals surface area contributed by atoms with E-state index >= 15 is 0 Å². The molecule has 0 atom stereocenters. The van der Waals surface area contributed by atoms with Crippen molar-refractivity contribution in [2.24, 2.45) is 0 Å². The number of rotatable bonds is 7. The summed E-state index contributed by atoms with van der Waals surface area (Å²) in [4.78, 5) is 4.51. The van der Waals surface area contributed by atoms with Crippen LogP contribution in [-0.2, 0) is 0 Å². The van der Waals surface area contributed by atoms with Gasteiger partial charge in [-0.2, -0.15) is 0 Å². The van der Waals surface area contributed by atoms with E-state index in [-0.39, 0.29) is 0 Å². The minimum Gasteiger partial charge on any atom is -0.492 e. The lowest BCUT2D eigenvalue weighted by Crippen LogP contribution is -1.99. The van der Waals surface area contributed by atoms with Gasteiger partial charge in [-0.3, -0.25) is 0 Å². The van der Waals surface area contributed by atoms with Crippen molar-refractivity contribution >= 4 is 38.3 Å². The zero-order valence-corrected chi connectivity index (χ0v) is 13.5. The molecular weight excluding hydrogens is 296 g/mol. The van der Waals surface area contributed by atoms with Crippen LogP contribution in [0.1, 0.15) is 26.7 Å². The molecule has 1 aromatic carbocycles. The molecule has 0 saturated carbocycles. The Hall–Kier alpha value is -1.20. The second-order valence-electron chi connectivity index (χ2n) is 4.33. The molecule has 2 aromatic rings. The Bertz CT molecular complexity index is 586. The van der Waals surface area contributed by atoms with Crippen LogP contribution in [0.15, 0.2) is 6.07 Å². The van der Waals surface area contributed by atoms with Crippen molar-refractivity contribution < 1.29 is 9.47 Å². The van der Waals surface area contributed by atoms with Gasteiger partial charge in [-0.25, -0.2) is 4.98 Å². The summed E-state index contributed by atoms with van der Waals surface area (Å²) in [6.45, 7) is 5.42. The molecule has 2 rings (SSSR count). The van der Waals surface area contributed by atoms with Crippen LogP contribution in [0.2, 0.25) is 5.02 Å². The molecule has 0 saturated heterocycles. The molecule has 0 spiro atoms. The zero-order chi connectivity index (χ0) is 14.5. The van der Waals surface area contributed by atoms with Crippen LogP contribution in [0.3, 0.4) is 0 Å². The molecule has 1 N–H and O–H groups in total. The van der Waals surface area contributed by atoms with E-state index in [0.717, 1.165) is 33.9 Å². The topological polar surface area (TPSA) is 43.4 Å². The smallest absolute Gasteiger partial charge is 0.183 e. The molecule has 110 valence electrons. The lowest BCUT2D eigenvalue weighted by atomic mass is 10.3. The van der Waals surface area contributed by atoms with Crippen molar-refractivity contribution in [3.63, 3.8) is 0 Å². The number of fused-ring (bicyclic) bond motifs is 1. The van der Waals surface area contributed by atoms with E-state index in [1.54, 1.807) is 0 Å². The van der Waals surface area contributed by atoms with Crippen LogP contribution in [0.5, 0.6) is 11.5 Å². The molecular formula is C14H19ClN2O2S. The molecule has 1 heterocycles. The predicted molar refractivity (Wildman–Crippen MR) is 85.7 cm³/mol. The van der Waals surface area contributed by atoms with Gasteiger partial charge in [0.1, 0.15) is 22.0 Å². The molecule has 0 unspecified atom stereocenters. The lowest BCUT2D eigenvalue weighted by molar-refractivity contribution is 0.304. The van der Waals surface area contributed by atoms with Gasteiger partial charge in [-0.15, -0.1) is 0 Å². The van der Waals surface area contributed by atoms with Gasteiger partial charge in [0, 0.05) is 13.1 Å². The molecule has 20 heavy (non-hydrogen) atoms. The Labute approximate surface area is 128 Å². The quantitative estimate of drug-likeness (QED) is 0.813. The van der Waals surface area contributed by atoms with Gasteiger partial charge in [-0.1, -0.05) is 36.8 Å². The largest absolute Gasteiger partial charge is 0.492 e. The van der Waals surface area contributed by atoms with Crippen molar-refractivity contribution in [3.05, 3.63) is 11.1 Å². The van der Waals surface area contributed by atoms with Crippen LogP contribution in [0.4, 0.5) is 5.13 Å². The first-order valence-electron chi connectivity index (χ1n) is 6.77. The van der Waals surface area contributed by atoms with Crippen LogP contribution in [0, 0.1) is 0 Å². The highest BCUT2D eigenvalue weighted by Crippen LogP contribution is 2.43. The number of hydrogen-bond donors (Lipinski definition) is 1. The maximum atomic E-state index is 6.42. The van der Waals surface area contributed by atoms with Crippen LogP contribution >= 0.6 is 22.9 Å². The Kier molecular flexibility index (Phi) is 5.31. The normalized spacial score (nSPS) is 10.8. The SMILES string of the molecule is CCCOc1cc(OCCC)c2nc(NC)sc2c1Cl. The summed E-state index contributed by atoms with van der Waals surface area (Å²) in [7, 11) is 1.84. The number of anilines is 1. The maximum absolute atomic E-state index is 6.42. The van der Waals surface area contributed by atoms with Gasteiger partial charge in [0.2, 0.25) is 0 Å². The molecule has 0 aliphatic heterocycles. The number of ether oxygens (including phenoxy) is 2. The summed E-state index contributed by atoms with van der Waals surface area (Å²) in [6.07, 6.45) is 1.88. The summed E-state index contributed by atoms with van der Waals surface area (Å²) in [5.41, 5.74) is 0.793. The average molecular weight is 315 g/mol. The zero-order valence-electron chi connectivity index (χ0n) is 12.0. The molecule has 6 heteroatoms. The highest BCUT2D eigenvalue weighted by atomic mass is 35.5. The number of thiazole rings is 1. The van der Waals surface area contributed by atoms with Gasteiger partial charge in [0.15, 0.2) is 5.13 Å². The van der Waals surface area contributed by atoms with Gasteiger partial charge in [0.05, 0.1) is 17.9 Å². The molecule has 0 amide bonds.